The lowest BCUT2D eigenvalue weighted by Crippen LogP contribution is -2.27. The number of aryl methyl sites for hydroxylation is 1. The minimum absolute atomic E-state index is 0.0753. The van der Waals surface area contributed by atoms with E-state index < -0.39 is 0 Å². The lowest BCUT2D eigenvalue weighted by atomic mass is 9.83. The Hall–Kier alpha value is -2.54. The van der Waals surface area contributed by atoms with Gasteiger partial charge >= 0.3 is 0 Å². The SMILES string of the molecule is CCC(CC)CNCCCNCCCCCc1ccc(-c2cc(-c3ccc(CNCCCNCCCNCC(CC)CC)cc3)cc(C(C)(C)C)c2)cc1. The van der Waals surface area contributed by atoms with E-state index >= 15 is 0 Å². The molecule has 3 rings (SSSR count). The van der Waals surface area contributed by atoms with E-state index in [1.54, 1.807) is 0 Å². The van der Waals surface area contributed by atoms with E-state index in [4.69, 9.17) is 0 Å². The molecule has 0 saturated carbocycles. The van der Waals surface area contributed by atoms with Crippen LogP contribution in [0.2, 0.25) is 0 Å². The molecule has 0 radical (unpaired) electrons. The number of hydrogen-bond acceptors (Lipinski definition) is 5. The Morgan fingerprint density at radius 3 is 1.31 bits per heavy atom. The molecule has 3 aromatic carbocycles. The van der Waals surface area contributed by atoms with E-state index in [1.165, 1.54) is 103 Å². The molecule has 302 valence electrons. The standard InChI is InChI=1S/C49H81N5/c1-8-40(9-2)37-52-31-15-28-50-27-14-12-13-18-42-19-23-44(24-20-42)46-34-47(36-48(35-46)49(5,6)7)45-25-21-43(22-26-45)39-54-33-17-30-51-29-16-32-53-38-41(10-3)11-4/h19-26,34-36,40-41,50-54H,8-18,27-33,37-39H2,1-7H3. The molecule has 0 aliphatic heterocycles. The Labute approximate surface area is 333 Å². The molecule has 3 aromatic rings. The summed E-state index contributed by atoms with van der Waals surface area (Å²) in [6.45, 7) is 27.1. The molecule has 0 aliphatic carbocycles. The zero-order chi connectivity index (χ0) is 38.9. The molecule has 0 aliphatic rings. The minimum Gasteiger partial charge on any atom is -0.317 e. The Balaban J connectivity index is 1.39. The van der Waals surface area contributed by atoms with Crippen molar-refractivity contribution in [3.8, 4) is 22.3 Å². The van der Waals surface area contributed by atoms with Crippen molar-refractivity contribution in [3.63, 3.8) is 0 Å². The van der Waals surface area contributed by atoms with E-state index in [9.17, 15) is 0 Å². The summed E-state index contributed by atoms with van der Waals surface area (Å²) in [6.07, 6.45) is 13.6. The summed E-state index contributed by atoms with van der Waals surface area (Å²) >= 11 is 0. The van der Waals surface area contributed by atoms with E-state index in [1.807, 2.05) is 0 Å². The summed E-state index contributed by atoms with van der Waals surface area (Å²) < 4.78 is 0. The fourth-order valence-corrected chi connectivity index (χ4v) is 7.09. The highest BCUT2D eigenvalue weighted by molar-refractivity contribution is 5.75. The van der Waals surface area contributed by atoms with Gasteiger partial charge in [-0.25, -0.2) is 0 Å². The predicted molar refractivity (Wildman–Crippen MR) is 239 cm³/mol. The zero-order valence-corrected chi connectivity index (χ0v) is 35.9. The highest BCUT2D eigenvalue weighted by atomic mass is 14.9. The molecular weight excluding hydrogens is 659 g/mol. The first-order chi connectivity index (χ1) is 26.3. The normalized spacial score (nSPS) is 12.0. The molecule has 0 saturated heterocycles. The summed E-state index contributed by atoms with van der Waals surface area (Å²) in [6, 6.07) is 25.7. The average Bonchev–Trinajstić information content (AvgIpc) is 3.19. The van der Waals surface area contributed by atoms with Gasteiger partial charge in [0, 0.05) is 6.54 Å². The van der Waals surface area contributed by atoms with Crippen molar-refractivity contribution in [2.24, 2.45) is 11.8 Å². The van der Waals surface area contributed by atoms with Gasteiger partial charge in [-0.05, 0) is 160 Å². The highest BCUT2D eigenvalue weighted by Crippen LogP contribution is 2.34. The smallest absolute Gasteiger partial charge is 0.0205 e. The largest absolute Gasteiger partial charge is 0.317 e. The maximum Gasteiger partial charge on any atom is 0.0205 e. The Morgan fingerprint density at radius 2 is 0.852 bits per heavy atom. The quantitative estimate of drug-likeness (QED) is 0.0441. The van der Waals surface area contributed by atoms with Crippen LogP contribution in [0.3, 0.4) is 0 Å². The third-order valence-electron chi connectivity index (χ3n) is 11.3. The monoisotopic (exact) mass is 740 g/mol. The van der Waals surface area contributed by atoms with Gasteiger partial charge in [0.05, 0.1) is 0 Å². The fraction of sp³-hybridized carbons (Fsp3) is 0.633. The maximum absolute atomic E-state index is 3.64. The van der Waals surface area contributed by atoms with Crippen molar-refractivity contribution >= 4 is 0 Å². The van der Waals surface area contributed by atoms with Crippen LogP contribution in [-0.2, 0) is 18.4 Å². The third kappa shape index (κ3) is 18.4. The third-order valence-corrected chi connectivity index (χ3v) is 11.3. The van der Waals surface area contributed by atoms with Gasteiger partial charge in [-0.3, -0.25) is 0 Å². The van der Waals surface area contributed by atoms with Gasteiger partial charge in [0.15, 0.2) is 0 Å². The molecular formula is C49H81N5. The first-order valence-corrected chi connectivity index (χ1v) is 22.1. The summed E-state index contributed by atoms with van der Waals surface area (Å²) in [7, 11) is 0. The van der Waals surface area contributed by atoms with Crippen molar-refractivity contribution in [3.05, 3.63) is 83.4 Å². The number of hydrogen-bond donors (Lipinski definition) is 5. The lowest BCUT2D eigenvalue weighted by molar-refractivity contribution is 0.445. The van der Waals surface area contributed by atoms with Gasteiger partial charge in [-0.2, -0.15) is 0 Å². The second-order valence-corrected chi connectivity index (χ2v) is 16.8. The molecule has 0 bridgehead atoms. The predicted octanol–water partition coefficient (Wildman–Crippen LogP) is 10.5. The van der Waals surface area contributed by atoms with Gasteiger partial charge in [0.1, 0.15) is 0 Å². The second-order valence-electron chi connectivity index (χ2n) is 16.8. The van der Waals surface area contributed by atoms with Crippen molar-refractivity contribution in [1.82, 2.24) is 26.6 Å². The Kier molecular flexibility index (Phi) is 23.0. The lowest BCUT2D eigenvalue weighted by Gasteiger charge is -2.22. The van der Waals surface area contributed by atoms with Crippen LogP contribution in [0.1, 0.15) is 129 Å². The van der Waals surface area contributed by atoms with Crippen LogP contribution in [0.5, 0.6) is 0 Å². The summed E-state index contributed by atoms with van der Waals surface area (Å²) in [5.41, 5.74) is 9.42. The van der Waals surface area contributed by atoms with E-state index in [0.29, 0.717) is 0 Å². The molecule has 0 heterocycles. The zero-order valence-electron chi connectivity index (χ0n) is 35.9. The van der Waals surface area contributed by atoms with Crippen LogP contribution in [0.25, 0.3) is 22.3 Å². The van der Waals surface area contributed by atoms with Crippen LogP contribution in [-0.4, -0.2) is 58.9 Å². The van der Waals surface area contributed by atoms with E-state index in [0.717, 1.165) is 83.6 Å². The maximum atomic E-state index is 3.64. The van der Waals surface area contributed by atoms with Crippen LogP contribution < -0.4 is 26.6 Å². The van der Waals surface area contributed by atoms with Gasteiger partial charge in [-0.15, -0.1) is 0 Å². The van der Waals surface area contributed by atoms with Crippen molar-refractivity contribution in [2.75, 3.05) is 58.9 Å². The van der Waals surface area contributed by atoms with E-state index in [2.05, 4.69) is 142 Å². The first kappa shape index (κ1) is 45.8. The number of unbranched alkanes of at least 4 members (excludes halogenated alkanes) is 2. The summed E-state index contributed by atoms with van der Waals surface area (Å²) in [5.74, 6) is 1.66. The van der Waals surface area contributed by atoms with Gasteiger partial charge in [0.2, 0.25) is 0 Å². The fourth-order valence-electron chi connectivity index (χ4n) is 7.09. The van der Waals surface area contributed by atoms with Crippen molar-refractivity contribution < 1.29 is 0 Å². The second kappa shape index (κ2) is 27.1. The highest BCUT2D eigenvalue weighted by Gasteiger charge is 2.17. The molecule has 0 fully saturated rings. The molecule has 5 heteroatoms. The Morgan fingerprint density at radius 1 is 0.426 bits per heavy atom. The first-order valence-electron chi connectivity index (χ1n) is 22.1. The van der Waals surface area contributed by atoms with E-state index in [-0.39, 0.29) is 5.41 Å². The molecule has 5 nitrogen and oxygen atoms in total. The van der Waals surface area contributed by atoms with Gasteiger partial charge in [0.25, 0.3) is 0 Å². The Bertz CT molecular complexity index is 1260. The summed E-state index contributed by atoms with van der Waals surface area (Å²) in [5, 5.41) is 18.1. The number of rotatable bonds is 30. The number of nitrogens with one attached hydrogen (secondary N) is 5. The molecule has 0 aromatic heterocycles. The van der Waals surface area contributed by atoms with Crippen LogP contribution in [0.15, 0.2) is 66.7 Å². The molecule has 0 atom stereocenters. The van der Waals surface area contributed by atoms with Gasteiger partial charge in [-0.1, -0.05) is 141 Å². The number of benzene rings is 3. The van der Waals surface area contributed by atoms with Crippen LogP contribution in [0.4, 0.5) is 0 Å². The molecule has 0 unspecified atom stereocenters. The van der Waals surface area contributed by atoms with Crippen LogP contribution >= 0.6 is 0 Å². The molecule has 0 spiro atoms. The minimum atomic E-state index is 0.0753. The molecule has 54 heavy (non-hydrogen) atoms. The summed E-state index contributed by atoms with van der Waals surface area (Å²) in [4.78, 5) is 0. The molecule has 5 N–H and O–H groups in total. The van der Waals surface area contributed by atoms with Gasteiger partial charge < -0.3 is 26.6 Å². The van der Waals surface area contributed by atoms with Crippen molar-refractivity contribution in [2.45, 2.75) is 131 Å². The van der Waals surface area contributed by atoms with Crippen LogP contribution in [0, 0.1) is 11.8 Å². The molecule has 0 amide bonds. The van der Waals surface area contributed by atoms with Crippen molar-refractivity contribution in [1.29, 1.82) is 0 Å². The topological polar surface area (TPSA) is 60.1 Å². The average molecular weight is 740 g/mol.